The molecule has 2 heterocycles. The van der Waals surface area contributed by atoms with Crippen LogP contribution in [0.2, 0.25) is 0 Å². The van der Waals surface area contributed by atoms with Crippen molar-refractivity contribution in [2.24, 2.45) is 11.1 Å². The first-order valence-corrected chi connectivity index (χ1v) is 12.0. The van der Waals surface area contributed by atoms with Gasteiger partial charge in [-0.15, -0.1) is 0 Å². The van der Waals surface area contributed by atoms with Crippen molar-refractivity contribution in [2.45, 2.75) is 30.6 Å². The van der Waals surface area contributed by atoms with Crippen molar-refractivity contribution >= 4 is 21.6 Å². The average molecular weight is 452 g/mol. The zero-order valence-electron chi connectivity index (χ0n) is 17.5. The van der Waals surface area contributed by atoms with E-state index in [1.165, 1.54) is 12.1 Å². The van der Waals surface area contributed by atoms with Crippen molar-refractivity contribution in [2.75, 3.05) is 11.4 Å². The standard InChI is InChI=1S/C24H22FN3O3S/c1-14-18-6-5-15(21-4-2-3-8-27-21)10-17(18)11-19(14)24(29)28-9-7-16-12-20(25)23(13-22(16)28)32(26,30)31/h2-6,8,10,12-14,19H,7,9,11H2,1H3,(H2,26,30,31). The highest BCUT2D eigenvalue weighted by Gasteiger charge is 2.39. The molecule has 6 nitrogen and oxygen atoms in total. The van der Waals surface area contributed by atoms with Gasteiger partial charge in [0.1, 0.15) is 10.7 Å². The number of aromatic nitrogens is 1. The molecular weight excluding hydrogens is 429 g/mol. The number of nitrogens with zero attached hydrogens (tertiary/aromatic N) is 2. The van der Waals surface area contributed by atoms with Crippen LogP contribution in [0.1, 0.15) is 29.5 Å². The monoisotopic (exact) mass is 451 g/mol. The third-order valence-corrected chi connectivity index (χ3v) is 7.48. The van der Waals surface area contributed by atoms with Gasteiger partial charge >= 0.3 is 0 Å². The third-order valence-electron chi connectivity index (χ3n) is 6.56. The van der Waals surface area contributed by atoms with Crippen LogP contribution >= 0.6 is 0 Å². The van der Waals surface area contributed by atoms with Crippen LogP contribution in [-0.2, 0) is 27.7 Å². The smallest absolute Gasteiger partial charge is 0.241 e. The summed E-state index contributed by atoms with van der Waals surface area (Å²) in [5.74, 6) is -1.24. The summed E-state index contributed by atoms with van der Waals surface area (Å²) in [6.07, 6.45) is 2.81. The van der Waals surface area contributed by atoms with Crippen LogP contribution in [0.4, 0.5) is 10.1 Å². The molecule has 2 unspecified atom stereocenters. The van der Waals surface area contributed by atoms with Gasteiger partial charge in [-0.25, -0.2) is 17.9 Å². The van der Waals surface area contributed by atoms with Crippen LogP contribution < -0.4 is 10.0 Å². The van der Waals surface area contributed by atoms with E-state index in [-0.39, 0.29) is 17.7 Å². The minimum Gasteiger partial charge on any atom is -0.312 e. The Balaban J connectivity index is 1.45. The first-order valence-electron chi connectivity index (χ1n) is 10.4. The predicted octanol–water partition coefficient (Wildman–Crippen LogP) is 3.40. The Kier molecular flexibility index (Phi) is 4.87. The van der Waals surface area contributed by atoms with Gasteiger partial charge in [-0.2, -0.15) is 0 Å². The maximum absolute atomic E-state index is 14.2. The molecule has 32 heavy (non-hydrogen) atoms. The Morgan fingerprint density at radius 1 is 1.16 bits per heavy atom. The number of nitrogens with two attached hydrogens (primary N) is 1. The van der Waals surface area contributed by atoms with Crippen LogP contribution in [0, 0.1) is 11.7 Å². The number of amides is 1. The second-order valence-corrected chi connectivity index (χ2v) is 9.95. The molecule has 1 aliphatic heterocycles. The summed E-state index contributed by atoms with van der Waals surface area (Å²) in [5.41, 5.74) is 5.17. The van der Waals surface area contributed by atoms with Crippen LogP contribution in [-0.4, -0.2) is 25.9 Å². The van der Waals surface area contributed by atoms with E-state index in [0.717, 1.165) is 22.4 Å². The van der Waals surface area contributed by atoms with Crippen molar-refractivity contribution in [3.05, 3.63) is 77.2 Å². The molecule has 0 bridgehead atoms. The van der Waals surface area contributed by atoms with Crippen molar-refractivity contribution in [3.63, 3.8) is 0 Å². The second kappa shape index (κ2) is 7.50. The normalized spacial score (nSPS) is 19.7. The maximum atomic E-state index is 14.2. The molecule has 0 fully saturated rings. The van der Waals surface area contributed by atoms with E-state index in [9.17, 15) is 17.6 Å². The molecule has 2 aromatic carbocycles. The maximum Gasteiger partial charge on any atom is 0.241 e. The van der Waals surface area contributed by atoms with E-state index in [4.69, 9.17) is 5.14 Å². The van der Waals surface area contributed by atoms with Crippen molar-refractivity contribution in [1.82, 2.24) is 4.98 Å². The molecule has 2 atom stereocenters. The Labute approximate surface area is 185 Å². The molecule has 0 radical (unpaired) electrons. The molecule has 0 saturated heterocycles. The van der Waals surface area contributed by atoms with Gasteiger partial charge in [0.2, 0.25) is 15.9 Å². The summed E-state index contributed by atoms with van der Waals surface area (Å²) >= 11 is 0. The quantitative estimate of drug-likeness (QED) is 0.661. The van der Waals surface area contributed by atoms with Crippen molar-refractivity contribution in [3.8, 4) is 11.3 Å². The highest BCUT2D eigenvalue weighted by atomic mass is 32.2. The molecule has 5 rings (SSSR count). The number of sulfonamides is 1. The number of benzene rings is 2. The first kappa shape index (κ1) is 20.8. The van der Waals surface area contributed by atoms with E-state index < -0.39 is 20.7 Å². The van der Waals surface area contributed by atoms with E-state index in [2.05, 4.69) is 17.1 Å². The van der Waals surface area contributed by atoms with E-state index >= 15 is 0 Å². The van der Waals surface area contributed by atoms with Gasteiger partial charge in [0, 0.05) is 29.9 Å². The molecular formula is C24H22FN3O3S. The van der Waals surface area contributed by atoms with Gasteiger partial charge in [0.05, 0.1) is 5.69 Å². The second-order valence-electron chi connectivity index (χ2n) is 8.42. The fourth-order valence-corrected chi connectivity index (χ4v) is 5.49. The molecule has 0 spiro atoms. The fraction of sp³-hybridized carbons (Fsp3) is 0.250. The lowest BCUT2D eigenvalue weighted by Gasteiger charge is -2.24. The summed E-state index contributed by atoms with van der Waals surface area (Å²) in [6, 6.07) is 14.3. The number of halogens is 1. The largest absolute Gasteiger partial charge is 0.312 e. The minimum absolute atomic E-state index is 0.0116. The molecule has 8 heteroatoms. The zero-order valence-corrected chi connectivity index (χ0v) is 18.3. The first-order chi connectivity index (χ1) is 15.2. The summed E-state index contributed by atoms with van der Waals surface area (Å²) in [6.45, 7) is 2.42. The fourth-order valence-electron chi connectivity index (χ4n) is 4.89. The van der Waals surface area contributed by atoms with Gasteiger partial charge in [-0.1, -0.05) is 25.1 Å². The Morgan fingerprint density at radius 2 is 1.97 bits per heavy atom. The Hall–Kier alpha value is -3.10. The summed E-state index contributed by atoms with van der Waals surface area (Å²) in [7, 11) is -4.23. The lowest BCUT2D eigenvalue weighted by atomic mass is 9.93. The van der Waals surface area contributed by atoms with Gasteiger partial charge in [0.15, 0.2) is 0 Å². The minimum atomic E-state index is -4.23. The average Bonchev–Trinajstić information content (AvgIpc) is 3.33. The molecule has 1 aliphatic carbocycles. The van der Waals surface area contributed by atoms with Crippen LogP contribution in [0.3, 0.4) is 0 Å². The van der Waals surface area contributed by atoms with Crippen molar-refractivity contribution < 1.29 is 17.6 Å². The molecule has 1 amide bonds. The number of primary sulfonamides is 1. The third kappa shape index (κ3) is 3.40. The number of fused-ring (bicyclic) bond motifs is 2. The van der Waals surface area contributed by atoms with Gasteiger partial charge in [-0.3, -0.25) is 9.78 Å². The number of hydrogen-bond acceptors (Lipinski definition) is 4. The SMILES string of the molecule is CC1c2ccc(-c3ccccn3)cc2CC1C(=O)N1CCc2cc(F)c(S(N)(=O)=O)cc21. The summed E-state index contributed by atoms with van der Waals surface area (Å²) < 4.78 is 37.8. The topological polar surface area (TPSA) is 93.4 Å². The molecule has 0 saturated carbocycles. The van der Waals surface area contributed by atoms with E-state index in [1.54, 1.807) is 11.1 Å². The van der Waals surface area contributed by atoms with Crippen LogP contribution in [0.25, 0.3) is 11.3 Å². The van der Waals surface area contributed by atoms with Crippen LogP contribution in [0.5, 0.6) is 0 Å². The van der Waals surface area contributed by atoms with Crippen molar-refractivity contribution in [1.29, 1.82) is 0 Å². The predicted molar refractivity (Wildman–Crippen MR) is 119 cm³/mol. The number of pyridine rings is 1. The molecule has 2 N–H and O–H groups in total. The Morgan fingerprint density at radius 3 is 2.69 bits per heavy atom. The van der Waals surface area contributed by atoms with E-state index in [0.29, 0.717) is 30.6 Å². The van der Waals surface area contributed by atoms with Gasteiger partial charge in [0.25, 0.3) is 0 Å². The lowest BCUT2D eigenvalue weighted by molar-refractivity contribution is -0.122. The number of anilines is 1. The summed E-state index contributed by atoms with van der Waals surface area (Å²) in [4.78, 5) is 18.9. The van der Waals surface area contributed by atoms with Crippen LogP contribution in [0.15, 0.2) is 59.6 Å². The lowest BCUT2D eigenvalue weighted by Crippen LogP contribution is -2.36. The van der Waals surface area contributed by atoms with Gasteiger partial charge < -0.3 is 4.90 Å². The number of carbonyl (C=O) groups is 1. The number of rotatable bonds is 3. The van der Waals surface area contributed by atoms with Gasteiger partial charge in [-0.05, 0) is 65.8 Å². The zero-order chi connectivity index (χ0) is 22.6. The Bertz CT molecular complexity index is 1340. The molecule has 3 aromatic rings. The number of carbonyl (C=O) groups excluding carboxylic acids is 1. The molecule has 164 valence electrons. The highest BCUT2D eigenvalue weighted by Crippen LogP contribution is 2.42. The van der Waals surface area contributed by atoms with E-state index in [1.807, 2.05) is 31.2 Å². The highest BCUT2D eigenvalue weighted by molar-refractivity contribution is 7.89. The molecule has 2 aliphatic rings. The number of hydrogen-bond donors (Lipinski definition) is 1. The summed E-state index contributed by atoms with van der Waals surface area (Å²) in [5, 5.41) is 5.16. The molecule has 1 aromatic heterocycles.